The number of carbonyl (C=O) groups excluding carboxylic acids is 1. The van der Waals surface area contributed by atoms with Crippen LogP contribution >= 0.6 is 15.9 Å². The van der Waals surface area contributed by atoms with E-state index in [9.17, 15) is 4.79 Å². The van der Waals surface area contributed by atoms with Gasteiger partial charge in [0, 0.05) is 36.8 Å². The standard InChI is InChI=1S/C25H25BrN2O6/c1-28-6-5-27-25(28)23(29)16-9-15(14-10-19(31-3)17(26)11-18(14)30-2)22(16)13-7-20(32-4)24-21(8-13)33-12-34-24/h5-8,10-11,15-16,22H,9,12H2,1-4H3/t15-,16+,22+/m0/s1. The summed E-state index contributed by atoms with van der Waals surface area (Å²) < 4.78 is 30.7. The van der Waals surface area contributed by atoms with Crippen LogP contribution in [0.2, 0.25) is 0 Å². The molecule has 1 aliphatic heterocycles. The normalized spacial score (nSPS) is 20.6. The maximum Gasteiger partial charge on any atom is 0.231 e. The highest BCUT2D eigenvalue weighted by Crippen LogP contribution is 2.59. The Hall–Kier alpha value is -3.20. The van der Waals surface area contributed by atoms with E-state index in [0.29, 0.717) is 35.2 Å². The first kappa shape index (κ1) is 22.6. The van der Waals surface area contributed by atoms with Crippen LogP contribution in [-0.2, 0) is 7.05 Å². The maximum absolute atomic E-state index is 13.6. The molecule has 2 aliphatic rings. The lowest BCUT2D eigenvalue weighted by Gasteiger charge is -2.45. The van der Waals surface area contributed by atoms with Gasteiger partial charge in [-0.25, -0.2) is 4.98 Å². The Morgan fingerprint density at radius 2 is 1.82 bits per heavy atom. The number of aromatic nitrogens is 2. The summed E-state index contributed by atoms with van der Waals surface area (Å²) in [5, 5.41) is 0. The molecule has 0 unspecified atom stereocenters. The summed E-state index contributed by atoms with van der Waals surface area (Å²) in [6.07, 6.45) is 4.07. The van der Waals surface area contributed by atoms with Gasteiger partial charge in [-0.05, 0) is 58.1 Å². The van der Waals surface area contributed by atoms with Crippen molar-refractivity contribution in [3.63, 3.8) is 0 Å². The minimum Gasteiger partial charge on any atom is -0.496 e. The molecule has 178 valence electrons. The molecule has 3 atom stereocenters. The zero-order chi connectivity index (χ0) is 24.0. The van der Waals surface area contributed by atoms with Crippen molar-refractivity contribution in [2.45, 2.75) is 18.3 Å². The Balaban J connectivity index is 1.62. The molecule has 0 radical (unpaired) electrons. The van der Waals surface area contributed by atoms with Crippen LogP contribution in [0, 0.1) is 5.92 Å². The van der Waals surface area contributed by atoms with Gasteiger partial charge in [0.25, 0.3) is 0 Å². The lowest BCUT2D eigenvalue weighted by Crippen LogP contribution is -2.39. The van der Waals surface area contributed by atoms with Gasteiger partial charge in [0.05, 0.1) is 25.8 Å². The number of ketones is 1. The number of fused-ring (bicyclic) bond motifs is 1. The Morgan fingerprint density at radius 1 is 1.06 bits per heavy atom. The average Bonchev–Trinajstić information content (AvgIpc) is 3.47. The molecule has 1 saturated carbocycles. The highest BCUT2D eigenvalue weighted by Gasteiger charge is 2.49. The van der Waals surface area contributed by atoms with Gasteiger partial charge in [-0.2, -0.15) is 0 Å². The Labute approximate surface area is 205 Å². The molecule has 3 aromatic rings. The summed E-state index contributed by atoms with van der Waals surface area (Å²) >= 11 is 3.54. The number of benzene rings is 2. The second-order valence-corrected chi connectivity index (χ2v) is 9.24. The zero-order valence-electron chi connectivity index (χ0n) is 19.3. The number of ether oxygens (including phenoxy) is 5. The number of methoxy groups -OCH3 is 3. The van der Waals surface area contributed by atoms with E-state index in [1.165, 1.54) is 0 Å². The van der Waals surface area contributed by atoms with Crippen molar-refractivity contribution in [3.05, 3.63) is 58.1 Å². The number of aryl methyl sites for hydroxylation is 1. The van der Waals surface area contributed by atoms with E-state index in [-0.39, 0.29) is 30.3 Å². The first-order valence-corrected chi connectivity index (χ1v) is 11.7. The number of hydrogen-bond acceptors (Lipinski definition) is 7. The highest BCUT2D eigenvalue weighted by atomic mass is 79.9. The van der Waals surface area contributed by atoms with Crippen molar-refractivity contribution in [2.24, 2.45) is 13.0 Å². The number of hydrogen-bond donors (Lipinski definition) is 0. The molecule has 9 heteroatoms. The largest absolute Gasteiger partial charge is 0.496 e. The Kier molecular flexibility index (Phi) is 5.89. The van der Waals surface area contributed by atoms with Crippen molar-refractivity contribution in [2.75, 3.05) is 28.1 Å². The summed E-state index contributed by atoms with van der Waals surface area (Å²) in [5.74, 6) is 3.27. The first-order chi connectivity index (χ1) is 16.5. The lowest BCUT2D eigenvalue weighted by atomic mass is 9.58. The van der Waals surface area contributed by atoms with Crippen LogP contribution in [0.3, 0.4) is 0 Å². The predicted molar refractivity (Wildman–Crippen MR) is 127 cm³/mol. The summed E-state index contributed by atoms with van der Waals surface area (Å²) in [6, 6.07) is 7.76. The SMILES string of the molecule is COc1cc([C@@H]2C[C@@H](C(=O)c3nccn3C)[C@@H]2c2cc(OC)c3c(c2)OCO3)c(OC)cc1Br. The van der Waals surface area contributed by atoms with Crippen molar-refractivity contribution in [1.82, 2.24) is 9.55 Å². The quantitative estimate of drug-likeness (QED) is 0.411. The van der Waals surface area contributed by atoms with E-state index < -0.39 is 0 Å². The number of Topliss-reactive ketones (excluding diaryl/α,β-unsaturated/α-hetero) is 1. The molecule has 2 heterocycles. The van der Waals surface area contributed by atoms with E-state index in [2.05, 4.69) is 20.9 Å². The fraction of sp³-hybridized carbons (Fsp3) is 0.360. The third-order valence-electron chi connectivity index (χ3n) is 6.72. The molecular weight excluding hydrogens is 504 g/mol. The third-order valence-corrected chi connectivity index (χ3v) is 7.34. The number of carbonyl (C=O) groups is 1. The molecule has 1 fully saturated rings. The molecule has 2 aromatic carbocycles. The molecular formula is C25H25BrN2O6. The highest BCUT2D eigenvalue weighted by molar-refractivity contribution is 9.10. The average molecular weight is 529 g/mol. The maximum atomic E-state index is 13.6. The molecule has 5 rings (SSSR count). The third kappa shape index (κ3) is 3.58. The number of nitrogens with zero attached hydrogens (tertiary/aromatic N) is 2. The molecule has 1 aliphatic carbocycles. The molecule has 0 bridgehead atoms. The van der Waals surface area contributed by atoms with Crippen molar-refractivity contribution in [3.8, 4) is 28.7 Å². The lowest BCUT2D eigenvalue weighted by molar-refractivity contribution is 0.0763. The molecule has 0 spiro atoms. The monoisotopic (exact) mass is 528 g/mol. The summed E-state index contributed by atoms with van der Waals surface area (Å²) in [7, 11) is 6.70. The van der Waals surface area contributed by atoms with Gasteiger partial charge in [-0.15, -0.1) is 0 Å². The smallest absolute Gasteiger partial charge is 0.231 e. The minimum absolute atomic E-state index is 0.00780. The van der Waals surface area contributed by atoms with Gasteiger partial charge in [-0.3, -0.25) is 4.79 Å². The first-order valence-electron chi connectivity index (χ1n) is 10.9. The minimum atomic E-state index is -0.268. The van der Waals surface area contributed by atoms with Crippen LogP contribution in [0.5, 0.6) is 28.7 Å². The number of halogens is 1. The fourth-order valence-corrected chi connectivity index (χ4v) is 5.48. The van der Waals surface area contributed by atoms with Crippen LogP contribution in [0.4, 0.5) is 0 Å². The summed E-state index contributed by atoms with van der Waals surface area (Å²) in [6.45, 7) is 0.136. The van der Waals surface area contributed by atoms with E-state index in [1.807, 2.05) is 31.3 Å². The summed E-state index contributed by atoms with van der Waals surface area (Å²) in [5.41, 5.74) is 1.92. The summed E-state index contributed by atoms with van der Waals surface area (Å²) in [4.78, 5) is 17.9. The van der Waals surface area contributed by atoms with E-state index in [1.54, 1.807) is 38.3 Å². The van der Waals surface area contributed by atoms with Gasteiger partial charge in [-0.1, -0.05) is 0 Å². The number of imidazole rings is 1. The van der Waals surface area contributed by atoms with Crippen LogP contribution in [0.25, 0.3) is 0 Å². The van der Waals surface area contributed by atoms with Crippen molar-refractivity contribution >= 4 is 21.7 Å². The molecule has 8 nitrogen and oxygen atoms in total. The van der Waals surface area contributed by atoms with Crippen LogP contribution < -0.4 is 23.7 Å². The van der Waals surface area contributed by atoms with Gasteiger partial charge in [0.1, 0.15) is 11.5 Å². The van der Waals surface area contributed by atoms with E-state index in [4.69, 9.17) is 23.7 Å². The van der Waals surface area contributed by atoms with Gasteiger partial charge in [0.15, 0.2) is 17.3 Å². The van der Waals surface area contributed by atoms with Gasteiger partial charge >= 0.3 is 0 Å². The predicted octanol–water partition coefficient (Wildman–Crippen LogP) is 4.71. The van der Waals surface area contributed by atoms with E-state index >= 15 is 0 Å². The fourth-order valence-electron chi connectivity index (χ4n) is 4.99. The van der Waals surface area contributed by atoms with Crippen molar-refractivity contribution < 1.29 is 28.5 Å². The molecule has 0 amide bonds. The molecule has 34 heavy (non-hydrogen) atoms. The van der Waals surface area contributed by atoms with Gasteiger partial charge < -0.3 is 28.3 Å². The van der Waals surface area contributed by atoms with Crippen LogP contribution in [-0.4, -0.2) is 43.5 Å². The van der Waals surface area contributed by atoms with Crippen LogP contribution in [0.1, 0.15) is 40.0 Å². The topological polar surface area (TPSA) is 81.0 Å². The molecule has 1 aromatic heterocycles. The van der Waals surface area contributed by atoms with Crippen LogP contribution in [0.15, 0.2) is 41.1 Å². The second-order valence-electron chi connectivity index (χ2n) is 8.39. The van der Waals surface area contributed by atoms with E-state index in [0.717, 1.165) is 21.3 Å². The number of rotatable bonds is 7. The molecule has 0 N–H and O–H groups in total. The second kappa shape index (κ2) is 8.87. The Bertz CT molecular complexity index is 1260. The Morgan fingerprint density at radius 3 is 2.50 bits per heavy atom. The molecule has 0 saturated heterocycles. The van der Waals surface area contributed by atoms with Gasteiger partial charge in [0.2, 0.25) is 18.3 Å². The zero-order valence-corrected chi connectivity index (χ0v) is 20.9. The van der Waals surface area contributed by atoms with Crippen molar-refractivity contribution in [1.29, 1.82) is 0 Å².